The minimum absolute atomic E-state index is 0.199. The van der Waals surface area contributed by atoms with E-state index < -0.39 is 0 Å². The summed E-state index contributed by atoms with van der Waals surface area (Å²) >= 11 is 0. The number of rotatable bonds is 3. The van der Waals surface area contributed by atoms with Crippen molar-refractivity contribution in [2.45, 2.75) is 20.4 Å². The molecule has 6 heteroatoms. The Hall–Kier alpha value is -2.16. The number of hydrogen-bond donors (Lipinski definition) is 0. The highest BCUT2D eigenvalue weighted by atomic mass is 16.5. The van der Waals surface area contributed by atoms with Gasteiger partial charge in [0.15, 0.2) is 5.65 Å². The summed E-state index contributed by atoms with van der Waals surface area (Å²) in [7, 11) is 0. The van der Waals surface area contributed by atoms with E-state index in [1.54, 1.807) is 10.9 Å². The van der Waals surface area contributed by atoms with Crippen molar-refractivity contribution < 1.29 is 4.74 Å². The molecule has 2 rings (SSSR count). The van der Waals surface area contributed by atoms with E-state index >= 15 is 0 Å². The fourth-order valence-corrected chi connectivity index (χ4v) is 1.42. The molecule has 2 aromatic rings. The van der Waals surface area contributed by atoms with Crippen molar-refractivity contribution in [3.05, 3.63) is 11.9 Å². The number of aryl methyl sites for hydroxylation is 1. The van der Waals surface area contributed by atoms with Crippen LogP contribution < -0.4 is 4.74 Å². The van der Waals surface area contributed by atoms with Gasteiger partial charge in [0, 0.05) is 6.54 Å². The topological polar surface area (TPSA) is 76.6 Å². The van der Waals surface area contributed by atoms with Gasteiger partial charge in [-0.15, -0.1) is 0 Å². The number of ether oxygens (including phenoxy) is 1. The lowest BCUT2D eigenvalue weighted by atomic mass is 10.4. The van der Waals surface area contributed by atoms with Gasteiger partial charge in [-0.1, -0.05) is 0 Å². The van der Waals surface area contributed by atoms with E-state index in [2.05, 4.69) is 15.1 Å². The number of nitrogens with zero attached hydrogens (tertiary/aromatic N) is 5. The molecule has 0 amide bonds. The molecule has 0 N–H and O–H groups in total. The largest absolute Gasteiger partial charge is 0.476 e. The van der Waals surface area contributed by atoms with E-state index in [0.717, 1.165) is 0 Å². The molecular weight excluding hydrogens is 206 g/mol. The SMILES string of the molecule is CCOc1nc2c(cnn2CC)nc1C#N. The highest BCUT2D eigenvalue weighted by Gasteiger charge is 2.12. The normalized spacial score (nSPS) is 10.3. The van der Waals surface area contributed by atoms with Crippen LogP contribution in [-0.2, 0) is 6.54 Å². The molecule has 2 aromatic heterocycles. The number of nitriles is 1. The van der Waals surface area contributed by atoms with Crippen LogP contribution in [0.3, 0.4) is 0 Å². The van der Waals surface area contributed by atoms with Gasteiger partial charge in [-0.2, -0.15) is 15.3 Å². The summed E-state index contributed by atoms with van der Waals surface area (Å²) in [5.41, 5.74) is 1.46. The van der Waals surface area contributed by atoms with Crippen molar-refractivity contribution in [1.82, 2.24) is 19.7 Å². The molecule has 82 valence electrons. The molecule has 0 aliphatic heterocycles. The molecule has 0 atom stereocenters. The quantitative estimate of drug-likeness (QED) is 0.769. The summed E-state index contributed by atoms with van der Waals surface area (Å²) in [5, 5.41) is 13.0. The third-order valence-corrected chi connectivity index (χ3v) is 2.12. The second kappa shape index (κ2) is 4.14. The van der Waals surface area contributed by atoms with Crippen LogP contribution in [0.15, 0.2) is 6.20 Å². The highest BCUT2D eigenvalue weighted by Crippen LogP contribution is 2.17. The lowest BCUT2D eigenvalue weighted by Crippen LogP contribution is -2.03. The summed E-state index contributed by atoms with van der Waals surface area (Å²) < 4.78 is 6.98. The van der Waals surface area contributed by atoms with Gasteiger partial charge in [-0.25, -0.2) is 9.67 Å². The van der Waals surface area contributed by atoms with Crippen LogP contribution in [-0.4, -0.2) is 26.4 Å². The molecular formula is C10H11N5O. The van der Waals surface area contributed by atoms with Crippen molar-refractivity contribution in [2.24, 2.45) is 0 Å². The zero-order chi connectivity index (χ0) is 11.5. The minimum atomic E-state index is 0.199. The van der Waals surface area contributed by atoms with E-state index in [4.69, 9.17) is 10.00 Å². The Balaban J connectivity index is 2.64. The zero-order valence-corrected chi connectivity index (χ0v) is 9.14. The highest BCUT2D eigenvalue weighted by molar-refractivity contribution is 5.71. The summed E-state index contributed by atoms with van der Waals surface area (Å²) in [5.74, 6) is 0.271. The molecule has 0 saturated heterocycles. The first-order chi connectivity index (χ1) is 7.80. The molecule has 16 heavy (non-hydrogen) atoms. The van der Waals surface area contributed by atoms with E-state index in [1.807, 2.05) is 19.9 Å². The predicted octanol–water partition coefficient (Wildman–Crippen LogP) is 1.12. The fourth-order valence-electron chi connectivity index (χ4n) is 1.42. The first-order valence-corrected chi connectivity index (χ1v) is 5.06. The van der Waals surface area contributed by atoms with Crippen molar-refractivity contribution in [2.75, 3.05) is 6.61 Å². The average Bonchev–Trinajstić information content (AvgIpc) is 2.70. The third-order valence-electron chi connectivity index (χ3n) is 2.12. The van der Waals surface area contributed by atoms with E-state index in [1.165, 1.54) is 0 Å². The van der Waals surface area contributed by atoms with E-state index in [-0.39, 0.29) is 11.6 Å². The Morgan fingerprint density at radius 2 is 2.25 bits per heavy atom. The fraction of sp³-hybridized carbons (Fsp3) is 0.400. The van der Waals surface area contributed by atoms with Crippen molar-refractivity contribution in [1.29, 1.82) is 5.26 Å². The van der Waals surface area contributed by atoms with Crippen LogP contribution in [0.1, 0.15) is 19.5 Å². The molecule has 0 radical (unpaired) electrons. The molecule has 0 aliphatic carbocycles. The lowest BCUT2D eigenvalue weighted by molar-refractivity contribution is 0.325. The summed E-state index contributed by atoms with van der Waals surface area (Å²) in [6.07, 6.45) is 1.60. The Morgan fingerprint density at radius 1 is 1.44 bits per heavy atom. The van der Waals surface area contributed by atoms with Crippen molar-refractivity contribution in [3.8, 4) is 11.9 Å². The second-order valence-electron chi connectivity index (χ2n) is 3.09. The van der Waals surface area contributed by atoms with Gasteiger partial charge in [0.2, 0.25) is 5.69 Å². The second-order valence-corrected chi connectivity index (χ2v) is 3.09. The van der Waals surface area contributed by atoms with Gasteiger partial charge < -0.3 is 4.74 Å². The number of hydrogen-bond acceptors (Lipinski definition) is 5. The monoisotopic (exact) mass is 217 g/mol. The van der Waals surface area contributed by atoms with Gasteiger partial charge in [-0.3, -0.25) is 0 Å². The molecule has 0 saturated carbocycles. The van der Waals surface area contributed by atoms with E-state index in [0.29, 0.717) is 24.3 Å². The average molecular weight is 217 g/mol. The molecule has 0 aliphatic rings. The Morgan fingerprint density at radius 3 is 2.88 bits per heavy atom. The third kappa shape index (κ3) is 1.56. The summed E-state index contributed by atoms with van der Waals surface area (Å²) in [6.45, 7) is 4.96. The minimum Gasteiger partial charge on any atom is -0.476 e. The van der Waals surface area contributed by atoms with Crippen LogP contribution >= 0.6 is 0 Å². The van der Waals surface area contributed by atoms with E-state index in [9.17, 15) is 0 Å². The Bertz CT molecular complexity index is 554. The van der Waals surface area contributed by atoms with Gasteiger partial charge >= 0.3 is 0 Å². The first kappa shape index (κ1) is 10.4. The number of aromatic nitrogens is 4. The molecule has 0 unspecified atom stereocenters. The Kier molecular flexibility index (Phi) is 2.68. The zero-order valence-electron chi connectivity index (χ0n) is 9.14. The molecule has 0 aromatic carbocycles. The Labute approximate surface area is 92.5 Å². The van der Waals surface area contributed by atoms with Crippen molar-refractivity contribution in [3.63, 3.8) is 0 Å². The van der Waals surface area contributed by atoms with Gasteiger partial charge in [0.05, 0.1) is 12.8 Å². The first-order valence-electron chi connectivity index (χ1n) is 5.06. The molecule has 0 spiro atoms. The maximum atomic E-state index is 8.91. The molecule has 0 bridgehead atoms. The van der Waals surface area contributed by atoms with Gasteiger partial charge in [0.25, 0.3) is 5.88 Å². The van der Waals surface area contributed by atoms with Crippen LogP contribution in [0.4, 0.5) is 0 Å². The summed E-state index contributed by atoms with van der Waals surface area (Å²) in [6, 6.07) is 1.96. The van der Waals surface area contributed by atoms with Gasteiger partial charge in [-0.05, 0) is 13.8 Å². The van der Waals surface area contributed by atoms with Crippen LogP contribution in [0, 0.1) is 11.3 Å². The molecule has 2 heterocycles. The lowest BCUT2D eigenvalue weighted by Gasteiger charge is -2.04. The van der Waals surface area contributed by atoms with Crippen molar-refractivity contribution >= 4 is 11.2 Å². The maximum Gasteiger partial charge on any atom is 0.253 e. The van der Waals surface area contributed by atoms with Crippen LogP contribution in [0.5, 0.6) is 5.88 Å². The van der Waals surface area contributed by atoms with Crippen LogP contribution in [0.2, 0.25) is 0 Å². The predicted molar refractivity (Wildman–Crippen MR) is 56.9 cm³/mol. The molecule has 6 nitrogen and oxygen atoms in total. The molecule has 0 fully saturated rings. The smallest absolute Gasteiger partial charge is 0.253 e. The van der Waals surface area contributed by atoms with Crippen LogP contribution in [0.25, 0.3) is 11.2 Å². The summed E-state index contributed by atoms with van der Waals surface area (Å²) in [4.78, 5) is 8.41. The number of fused-ring (bicyclic) bond motifs is 1. The maximum absolute atomic E-state index is 8.91. The standard InChI is InChI=1S/C10H11N5O/c1-3-15-9-8(6-12-15)13-7(5-11)10(14-9)16-4-2/h6H,3-4H2,1-2H3. The van der Waals surface area contributed by atoms with Gasteiger partial charge in [0.1, 0.15) is 11.6 Å².